The van der Waals surface area contributed by atoms with Gasteiger partial charge in [0.05, 0.1) is 0 Å². The second-order valence-corrected chi connectivity index (χ2v) is 9.16. The number of hydrogen-bond acceptors (Lipinski definition) is 6. The van der Waals surface area contributed by atoms with Crippen LogP contribution in [0.1, 0.15) is 16.7 Å². The Labute approximate surface area is 206 Å². The van der Waals surface area contributed by atoms with Crippen LogP contribution in [0.3, 0.4) is 0 Å². The van der Waals surface area contributed by atoms with Crippen molar-refractivity contribution in [1.82, 2.24) is 4.90 Å². The SMILES string of the molecule is Cc1cc(OCC(O)CN2CCN(c3ccc(Oc4ccc(F)cc4)cc3)CC2)c(C)c(C)c1N. The van der Waals surface area contributed by atoms with Gasteiger partial charge < -0.3 is 25.2 Å². The van der Waals surface area contributed by atoms with Gasteiger partial charge in [-0.3, -0.25) is 4.90 Å². The third kappa shape index (κ3) is 6.24. The van der Waals surface area contributed by atoms with Gasteiger partial charge in [0.25, 0.3) is 0 Å². The van der Waals surface area contributed by atoms with Gasteiger partial charge in [0.1, 0.15) is 35.8 Å². The van der Waals surface area contributed by atoms with Crippen molar-refractivity contribution in [3.63, 3.8) is 0 Å². The van der Waals surface area contributed by atoms with E-state index < -0.39 is 6.10 Å². The summed E-state index contributed by atoms with van der Waals surface area (Å²) >= 11 is 0. The Morgan fingerprint density at radius 3 is 2.14 bits per heavy atom. The predicted octanol–water partition coefficient (Wildman–Crippen LogP) is 4.69. The normalized spacial score (nSPS) is 15.2. The fourth-order valence-corrected chi connectivity index (χ4v) is 4.30. The van der Waals surface area contributed by atoms with Crippen LogP contribution in [0, 0.1) is 26.6 Å². The van der Waals surface area contributed by atoms with Gasteiger partial charge in [-0.1, -0.05) is 0 Å². The molecule has 35 heavy (non-hydrogen) atoms. The van der Waals surface area contributed by atoms with Crippen LogP contribution in [-0.2, 0) is 0 Å². The molecule has 0 saturated carbocycles. The van der Waals surface area contributed by atoms with Crippen molar-refractivity contribution in [1.29, 1.82) is 0 Å². The van der Waals surface area contributed by atoms with Gasteiger partial charge in [-0.25, -0.2) is 4.39 Å². The first kappa shape index (κ1) is 24.8. The Balaban J connectivity index is 1.23. The molecule has 6 nitrogen and oxygen atoms in total. The Hall–Kier alpha value is -3.29. The van der Waals surface area contributed by atoms with Crippen molar-refractivity contribution >= 4 is 11.4 Å². The number of β-amino-alcohol motifs (C(OH)–C–C–N with tert-alkyl or cyclic N) is 1. The van der Waals surface area contributed by atoms with E-state index in [0.717, 1.165) is 60.0 Å². The maximum atomic E-state index is 13.1. The molecular weight excluding hydrogens is 445 g/mol. The maximum absolute atomic E-state index is 13.1. The van der Waals surface area contributed by atoms with Crippen LogP contribution in [0.5, 0.6) is 17.2 Å². The standard InChI is InChI=1S/C28H34FN3O3/c1-19-16-27(20(2)21(3)28(19)30)34-18-24(33)17-31-12-14-32(15-13-31)23-6-10-26(11-7-23)35-25-8-4-22(29)5-9-25/h4-11,16,24,33H,12-15,17-18,30H2,1-3H3. The van der Waals surface area contributed by atoms with Crippen molar-refractivity contribution in [2.75, 3.05) is 50.0 Å². The van der Waals surface area contributed by atoms with Crippen molar-refractivity contribution in [2.24, 2.45) is 0 Å². The second kappa shape index (κ2) is 11.0. The summed E-state index contributed by atoms with van der Waals surface area (Å²) in [5.74, 6) is 1.81. The molecule has 1 fully saturated rings. The van der Waals surface area contributed by atoms with E-state index in [1.807, 2.05) is 51.1 Å². The average Bonchev–Trinajstić information content (AvgIpc) is 2.86. The number of hydrogen-bond donors (Lipinski definition) is 2. The molecule has 4 rings (SSSR count). The molecule has 0 aliphatic carbocycles. The number of nitrogens with zero attached hydrogens (tertiary/aromatic N) is 2. The molecule has 3 N–H and O–H groups in total. The van der Waals surface area contributed by atoms with Gasteiger partial charge in [-0.05, 0) is 92.1 Å². The first-order valence-electron chi connectivity index (χ1n) is 12.0. The predicted molar refractivity (Wildman–Crippen MR) is 138 cm³/mol. The number of rotatable bonds is 8. The average molecular weight is 480 g/mol. The number of ether oxygens (including phenoxy) is 2. The largest absolute Gasteiger partial charge is 0.491 e. The zero-order valence-electron chi connectivity index (χ0n) is 20.6. The molecule has 186 valence electrons. The van der Waals surface area contributed by atoms with Gasteiger partial charge in [0, 0.05) is 44.1 Å². The molecule has 1 aliphatic heterocycles. The minimum Gasteiger partial charge on any atom is -0.491 e. The highest BCUT2D eigenvalue weighted by Gasteiger charge is 2.20. The van der Waals surface area contributed by atoms with Crippen LogP contribution in [0.15, 0.2) is 54.6 Å². The van der Waals surface area contributed by atoms with Crippen LogP contribution in [0.2, 0.25) is 0 Å². The molecule has 1 heterocycles. The van der Waals surface area contributed by atoms with Gasteiger partial charge >= 0.3 is 0 Å². The third-order valence-corrected chi connectivity index (χ3v) is 6.63. The van der Waals surface area contributed by atoms with Gasteiger partial charge in [-0.15, -0.1) is 0 Å². The Morgan fingerprint density at radius 1 is 0.914 bits per heavy atom. The van der Waals surface area contributed by atoms with Crippen LogP contribution in [0.4, 0.5) is 15.8 Å². The van der Waals surface area contributed by atoms with Crippen LogP contribution >= 0.6 is 0 Å². The molecule has 0 bridgehead atoms. The van der Waals surface area contributed by atoms with E-state index in [0.29, 0.717) is 18.0 Å². The number of nitrogen functional groups attached to an aromatic ring is 1. The lowest BCUT2D eigenvalue weighted by Gasteiger charge is -2.37. The Morgan fingerprint density at radius 2 is 1.51 bits per heavy atom. The van der Waals surface area contributed by atoms with E-state index in [1.54, 1.807) is 12.1 Å². The van der Waals surface area contributed by atoms with Crippen molar-refractivity contribution in [2.45, 2.75) is 26.9 Å². The number of aliphatic hydroxyl groups is 1. The molecule has 1 atom stereocenters. The fraction of sp³-hybridized carbons (Fsp3) is 0.357. The molecule has 0 radical (unpaired) electrons. The number of halogens is 1. The molecule has 1 aliphatic rings. The highest BCUT2D eigenvalue weighted by Crippen LogP contribution is 2.29. The summed E-state index contributed by atoms with van der Waals surface area (Å²) in [5.41, 5.74) is 11.1. The second-order valence-electron chi connectivity index (χ2n) is 9.16. The van der Waals surface area contributed by atoms with Gasteiger partial charge in [0.2, 0.25) is 0 Å². The number of aliphatic hydroxyl groups excluding tert-OH is 1. The number of benzene rings is 3. The maximum Gasteiger partial charge on any atom is 0.127 e. The first-order chi connectivity index (χ1) is 16.8. The lowest BCUT2D eigenvalue weighted by Crippen LogP contribution is -2.49. The first-order valence-corrected chi connectivity index (χ1v) is 12.0. The molecule has 3 aromatic rings. The molecule has 1 unspecified atom stereocenters. The van der Waals surface area contributed by atoms with Crippen molar-refractivity contribution in [3.05, 3.63) is 77.1 Å². The highest BCUT2D eigenvalue weighted by atomic mass is 19.1. The minimum atomic E-state index is -0.568. The zero-order valence-corrected chi connectivity index (χ0v) is 20.6. The zero-order chi connectivity index (χ0) is 24.9. The summed E-state index contributed by atoms with van der Waals surface area (Å²) < 4.78 is 24.8. The van der Waals surface area contributed by atoms with E-state index in [1.165, 1.54) is 12.1 Å². The van der Waals surface area contributed by atoms with E-state index in [9.17, 15) is 9.50 Å². The summed E-state index contributed by atoms with van der Waals surface area (Å²) in [5, 5.41) is 10.6. The van der Waals surface area contributed by atoms with E-state index in [4.69, 9.17) is 15.2 Å². The monoisotopic (exact) mass is 479 g/mol. The Kier molecular flexibility index (Phi) is 7.78. The highest BCUT2D eigenvalue weighted by molar-refractivity contribution is 5.60. The summed E-state index contributed by atoms with van der Waals surface area (Å²) in [7, 11) is 0. The molecule has 0 amide bonds. The summed E-state index contributed by atoms with van der Waals surface area (Å²) in [6.07, 6.45) is -0.568. The molecule has 1 saturated heterocycles. The minimum absolute atomic E-state index is 0.249. The summed E-state index contributed by atoms with van der Waals surface area (Å²) in [6.45, 7) is 10.3. The van der Waals surface area contributed by atoms with E-state index in [2.05, 4.69) is 9.80 Å². The smallest absolute Gasteiger partial charge is 0.127 e. The molecule has 3 aromatic carbocycles. The van der Waals surface area contributed by atoms with Crippen LogP contribution < -0.4 is 20.1 Å². The summed E-state index contributed by atoms with van der Waals surface area (Å²) in [6, 6.07) is 15.9. The third-order valence-electron chi connectivity index (χ3n) is 6.63. The number of aryl methyl sites for hydroxylation is 1. The van der Waals surface area contributed by atoms with Crippen molar-refractivity contribution in [3.8, 4) is 17.2 Å². The lowest BCUT2D eigenvalue weighted by molar-refractivity contribution is 0.0660. The van der Waals surface area contributed by atoms with Crippen LogP contribution in [-0.4, -0.2) is 55.4 Å². The number of nitrogens with two attached hydrogens (primary N) is 1. The number of anilines is 2. The fourth-order valence-electron chi connectivity index (χ4n) is 4.30. The van der Waals surface area contributed by atoms with Crippen molar-refractivity contribution < 1.29 is 19.0 Å². The molecule has 0 aromatic heterocycles. The lowest BCUT2D eigenvalue weighted by atomic mass is 10.0. The molecule has 0 spiro atoms. The molecular formula is C28H34FN3O3. The Bertz CT molecular complexity index is 1130. The topological polar surface area (TPSA) is 71.2 Å². The van der Waals surface area contributed by atoms with E-state index >= 15 is 0 Å². The van der Waals surface area contributed by atoms with Gasteiger partial charge in [0.15, 0.2) is 0 Å². The van der Waals surface area contributed by atoms with E-state index in [-0.39, 0.29) is 12.4 Å². The number of piperazine rings is 1. The van der Waals surface area contributed by atoms with Crippen LogP contribution in [0.25, 0.3) is 0 Å². The summed E-state index contributed by atoms with van der Waals surface area (Å²) in [4.78, 5) is 4.59. The quantitative estimate of drug-likeness (QED) is 0.457. The van der Waals surface area contributed by atoms with Gasteiger partial charge in [-0.2, -0.15) is 0 Å². The molecule has 7 heteroatoms.